The highest BCUT2D eigenvalue weighted by atomic mass is 15.1. The normalized spacial score (nSPS) is 11.5. The average molecular weight is 865 g/mol. The van der Waals surface area contributed by atoms with Crippen LogP contribution in [0.3, 0.4) is 0 Å². The van der Waals surface area contributed by atoms with E-state index < -0.39 is 0 Å². The van der Waals surface area contributed by atoms with Gasteiger partial charge in [-0.1, -0.05) is 194 Å². The molecule has 0 saturated heterocycles. The maximum atomic E-state index is 2.41. The molecule has 1 heterocycles. The summed E-state index contributed by atoms with van der Waals surface area (Å²) in [6, 6.07) is 97.5. The molecule has 0 aliphatic rings. The number of benzene rings is 12. The summed E-state index contributed by atoms with van der Waals surface area (Å²) >= 11 is 0. The Hall–Kier alpha value is -8.98. The fourth-order valence-electron chi connectivity index (χ4n) is 10.5. The highest BCUT2D eigenvalue weighted by Gasteiger charge is 2.19. The van der Waals surface area contributed by atoms with E-state index >= 15 is 0 Å². The molecular weight excluding hydrogens is 821 g/mol. The number of rotatable bonds is 8. The molecule has 12 aromatic carbocycles. The fourth-order valence-corrected chi connectivity index (χ4v) is 10.5. The highest BCUT2D eigenvalue weighted by molar-refractivity contribution is 6.16. The van der Waals surface area contributed by atoms with Crippen molar-refractivity contribution in [3.8, 4) is 50.2 Å². The van der Waals surface area contributed by atoms with Crippen LogP contribution in [0.2, 0.25) is 0 Å². The second-order valence-electron chi connectivity index (χ2n) is 17.7. The third kappa shape index (κ3) is 6.82. The summed E-state index contributed by atoms with van der Waals surface area (Å²) in [7, 11) is 0. The average Bonchev–Trinajstić information content (AvgIpc) is 3.76. The van der Waals surface area contributed by atoms with Gasteiger partial charge in [-0.2, -0.15) is 0 Å². The SMILES string of the molecule is c1ccc(-n2c3ccccc3c3c(-c4cccc(N(c5ccc(-c6cccc(-c7ccc8ccccc8c7)c6)cc5)c5cccc(-c6cccc7c6ccc6ccccc67)c5)c4)cccc32)cc1. The number of aromatic nitrogens is 1. The Labute approximate surface area is 395 Å². The summed E-state index contributed by atoms with van der Waals surface area (Å²) < 4.78 is 2.39. The minimum absolute atomic E-state index is 1.08. The second kappa shape index (κ2) is 16.5. The van der Waals surface area contributed by atoms with Crippen LogP contribution in [0.25, 0.3) is 104 Å². The largest absolute Gasteiger partial charge is 0.310 e. The van der Waals surface area contributed by atoms with Crippen LogP contribution in [0.15, 0.2) is 267 Å². The molecule has 0 fully saturated rings. The van der Waals surface area contributed by atoms with Crippen LogP contribution in [0.1, 0.15) is 0 Å². The van der Waals surface area contributed by atoms with Gasteiger partial charge in [0.2, 0.25) is 0 Å². The summed E-state index contributed by atoms with van der Waals surface area (Å²) in [5, 5.41) is 10.0. The van der Waals surface area contributed by atoms with Gasteiger partial charge in [0.15, 0.2) is 0 Å². The Morgan fingerprint density at radius 3 is 1.60 bits per heavy atom. The first kappa shape index (κ1) is 39.4. The molecule has 0 amide bonds. The van der Waals surface area contributed by atoms with Crippen LogP contribution in [0, 0.1) is 0 Å². The number of hydrogen-bond donors (Lipinski definition) is 0. The summed E-state index contributed by atoms with van der Waals surface area (Å²) in [6.45, 7) is 0. The van der Waals surface area contributed by atoms with Gasteiger partial charge in [-0.3, -0.25) is 0 Å². The molecule has 0 aliphatic heterocycles. The first-order valence-corrected chi connectivity index (χ1v) is 23.4. The van der Waals surface area contributed by atoms with Crippen LogP contribution in [0.4, 0.5) is 17.1 Å². The molecule has 13 rings (SSSR count). The van der Waals surface area contributed by atoms with Gasteiger partial charge in [-0.15, -0.1) is 0 Å². The Morgan fingerprint density at radius 2 is 0.794 bits per heavy atom. The Balaban J connectivity index is 0.949. The predicted molar refractivity (Wildman–Crippen MR) is 290 cm³/mol. The van der Waals surface area contributed by atoms with Gasteiger partial charge in [0.1, 0.15) is 0 Å². The maximum absolute atomic E-state index is 2.41. The molecule has 0 bridgehead atoms. The van der Waals surface area contributed by atoms with Crippen molar-refractivity contribution in [1.82, 2.24) is 4.57 Å². The van der Waals surface area contributed by atoms with E-state index in [4.69, 9.17) is 0 Å². The van der Waals surface area contributed by atoms with Gasteiger partial charge >= 0.3 is 0 Å². The summed E-state index contributed by atoms with van der Waals surface area (Å²) in [4.78, 5) is 2.41. The van der Waals surface area contributed by atoms with Gasteiger partial charge in [-0.05, 0) is 150 Å². The van der Waals surface area contributed by atoms with E-state index in [1.807, 2.05) is 0 Å². The van der Waals surface area contributed by atoms with Crippen molar-refractivity contribution in [1.29, 1.82) is 0 Å². The zero-order chi connectivity index (χ0) is 45.0. The number of fused-ring (bicyclic) bond motifs is 7. The smallest absolute Gasteiger partial charge is 0.0547 e. The van der Waals surface area contributed by atoms with Crippen molar-refractivity contribution in [2.45, 2.75) is 0 Å². The number of nitrogens with zero attached hydrogens (tertiary/aromatic N) is 2. The first-order valence-electron chi connectivity index (χ1n) is 23.4. The maximum Gasteiger partial charge on any atom is 0.0547 e. The summed E-state index contributed by atoms with van der Waals surface area (Å²) in [5.74, 6) is 0. The molecule has 2 heteroatoms. The van der Waals surface area contributed by atoms with Crippen LogP contribution in [-0.2, 0) is 0 Å². The van der Waals surface area contributed by atoms with Crippen LogP contribution in [0.5, 0.6) is 0 Å². The van der Waals surface area contributed by atoms with Gasteiger partial charge in [0.05, 0.1) is 11.0 Å². The van der Waals surface area contributed by atoms with Crippen molar-refractivity contribution in [2.24, 2.45) is 0 Å². The standard InChI is InChI=1S/C66H44N2/c1-2-22-54(23-3-1)68-64-31-9-8-27-63(64)66-60(29-14-32-65(66)68)53-21-12-25-57(44-53)67(56-24-11-20-52(43-56)59-28-13-30-61-58-26-7-6-16-47(58)37-40-62(59)61)55-38-35-46(36-39-55)49-18-10-19-50(41-49)51-34-33-45-15-4-5-17-48(45)42-51/h1-44H. The molecular formula is C66H44N2. The molecule has 0 aliphatic carbocycles. The van der Waals surface area contributed by atoms with E-state index in [0.717, 1.165) is 28.3 Å². The van der Waals surface area contributed by atoms with Crippen molar-refractivity contribution in [3.05, 3.63) is 267 Å². The molecule has 13 aromatic rings. The van der Waals surface area contributed by atoms with Gasteiger partial charge in [0.25, 0.3) is 0 Å². The van der Waals surface area contributed by atoms with Crippen molar-refractivity contribution in [2.75, 3.05) is 4.90 Å². The summed E-state index contributed by atoms with van der Waals surface area (Å²) in [5.41, 5.74) is 16.3. The zero-order valence-corrected chi connectivity index (χ0v) is 37.3. The lowest BCUT2D eigenvalue weighted by atomic mass is 9.94. The third-order valence-corrected chi connectivity index (χ3v) is 13.7. The molecule has 0 saturated carbocycles. The van der Waals surface area contributed by atoms with Gasteiger partial charge in [0, 0.05) is 33.5 Å². The van der Waals surface area contributed by atoms with Gasteiger partial charge < -0.3 is 9.47 Å². The predicted octanol–water partition coefficient (Wildman–Crippen LogP) is 18.4. The van der Waals surface area contributed by atoms with Crippen molar-refractivity contribution in [3.63, 3.8) is 0 Å². The minimum Gasteiger partial charge on any atom is -0.310 e. The van der Waals surface area contributed by atoms with E-state index in [9.17, 15) is 0 Å². The quantitative estimate of drug-likeness (QED) is 0.138. The summed E-state index contributed by atoms with van der Waals surface area (Å²) in [6.07, 6.45) is 0. The lowest BCUT2D eigenvalue weighted by molar-refractivity contribution is 1.18. The topological polar surface area (TPSA) is 8.17 Å². The third-order valence-electron chi connectivity index (χ3n) is 13.7. The van der Waals surface area contributed by atoms with E-state index in [2.05, 4.69) is 276 Å². The molecule has 2 nitrogen and oxygen atoms in total. The lowest BCUT2D eigenvalue weighted by Crippen LogP contribution is -2.10. The van der Waals surface area contributed by atoms with E-state index in [1.165, 1.54) is 93.1 Å². The molecule has 318 valence electrons. The number of hydrogen-bond acceptors (Lipinski definition) is 1. The number of para-hydroxylation sites is 2. The van der Waals surface area contributed by atoms with Crippen molar-refractivity contribution >= 4 is 71.2 Å². The Morgan fingerprint density at radius 1 is 0.250 bits per heavy atom. The van der Waals surface area contributed by atoms with Crippen LogP contribution < -0.4 is 4.90 Å². The lowest BCUT2D eigenvalue weighted by Gasteiger charge is -2.27. The van der Waals surface area contributed by atoms with E-state index in [-0.39, 0.29) is 0 Å². The monoisotopic (exact) mass is 864 g/mol. The van der Waals surface area contributed by atoms with Crippen LogP contribution >= 0.6 is 0 Å². The second-order valence-corrected chi connectivity index (χ2v) is 17.7. The molecule has 0 N–H and O–H groups in total. The number of anilines is 3. The molecule has 68 heavy (non-hydrogen) atoms. The Kier molecular flexibility index (Phi) is 9.54. The van der Waals surface area contributed by atoms with E-state index in [0.29, 0.717) is 0 Å². The highest BCUT2D eigenvalue weighted by Crippen LogP contribution is 2.43. The minimum atomic E-state index is 1.08. The zero-order valence-electron chi connectivity index (χ0n) is 37.3. The van der Waals surface area contributed by atoms with Crippen molar-refractivity contribution < 1.29 is 0 Å². The fraction of sp³-hybridized carbons (Fsp3) is 0. The van der Waals surface area contributed by atoms with Gasteiger partial charge in [-0.25, -0.2) is 0 Å². The molecule has 0 radical (unpaired) electrons. The molecule has 1 aromatic heterocycles. The van der Waals surface area contributed by atoms with E-state index in [1.54, 1.807) is 0 Å². The molecule has 0 atom stereocenters. The Bertz CT molecular complexity index is 4030. The molecule has 0 spiro atoms. The molecule has 0 unspecified atom stereocenters. The van der Waals surface area contributed by atoms with Crippen LogP contribution in [-0.4, -0.2) is 4.57 Å². The first-order chi connectivity index (χ1) is 33.7.